The molecule has 0 aliphatic rings. The van der Waals surface area contributed by atoms with E-state index in [1.54, 1.807) is 42.0 Å². The minimum Gasteiger partial charge on any atom is -0.475 e. The number of halogens is 3. The number of fused-ring (bicyclic) bond motifs is 2. The Morgan fingerprint density at radius 2 is 1.09 bits per heavy atom. The monoisotopic (exact) mass is 1080 g/mol. The van der Waals surface area contributed by atoms with Crippen LogP contribution in [-0.2, 0) is 49.8 Å². The third-order valence-corrected chi connectivity index (χ3v) is 13.8. The van der Waals surface area contributed by atoms with Gasteiger partial charge in [0.1, 0.15) is 12.1 Å². The van der Waals surface area contributed by atoms with Gasteiger partial charge in [0.25, 0.3) is 29.5 Å². The molecule has 0 radical (unpaired) electrons. The number of aromatic amines is 2. The lowest BCUT2D eigenvalue weighted by Crippen LogP contribution is -2.48. The molecule has 5 heterocycles. The number of thiophene rings is 3. The molecule has 2 aromatic carbocycles. The summed E-state index contributed by atoms with van der Waals surface area (Å²) >= 11 is 3.39. The van der Waals surface area contributed by atoms with Crippen molar-refractivity contribution in [3.05, 3.63) is 125 Å². The summed E-state index contributed by atoms with van der Waals surface area (Å²) in [5.74, 6) is -6.00. The van der Waals surface area contributed by atoms with Gasteiger partial charge in [-0.3, -0.25) is 34.2 Å². The second-order valence-corrected chi connectivity index (χ2v) is 18.4. The Kier molecular flexibility index (Phi) is 20.5. The lowest BCUT2D eigenvalue weighted by molar-refractivity contribution is -0.192. The molecule has 0 fully saturated rings. The minimum atomic E-state index is -5.08. The number of H-pyrrole nitrogens is 2. The van der Waals surface area contributed by atoms with Crippen LogP contribution in [0.2, 0.25) is 0 Å². The van der Waals surface area contributed by atoms with E-state index in [4.69, 9.17) is 20.4 Å². The number of carboxylic acids is 1. The molecule has 0 saturated heterocycles. The molecule has 0 spiro atoms. The van der Waals surface area contributed by atoms with Crippen LogP contribution in [0, 0.1) is 0 Å². The van der Waals surface area contributed by atoms with Crippen molar-refractivity contribution < 1.29 is 66.1 Å². The summed E-state index contributed by atoms with van der Waals surface area (Å²) in [5.41, 5.74) is 10.6. The lowest BCUT2D eigenvalue weighted by atomic mass is 10.1. The van der Waals surface area contributed by atoms with Gasteiger partial charge < -0.3 is 46.9 Å². The number of methoxy groups -OCH3 is 2. The number of ether oxygens (including phenoxy) is 2. The van der Waals surface area contributed by atoms with Crippen molar-refractivity contribution in [2.75, 3.05) is 27.3 Å². The normalized spacial score (nSPS) is 11.7. The van der Waals surface area contributed by atoms with Gasteiger partial charge in [0.05, 0.1) is 62.0 Å². The maximum atomic E-state index is 13.1. The molecule has 10 N–H and O–H groups in total. The van der Waals surface area contributed by atoms with E-state index in [-0.39, 0.29) is 30.8 Å². The van der Waals surface area contributed by atoms with Crippen LogP contribution in [0.1, 0.15) is 84.5 Å². The fourth-order valence-corrected chi connectivity index (χ4v) is 9.50. The smallest absolute Gasteiger partial charge is 0.475 e. The van der Waals surface area contributed by atoms with E-state index < -0.39 is 48.0 Å². The molecule has 5 amide bonds. The number of alkyl halides is 3. The highest BCUT2D eigenvalue weighted by atomic mass is 32.1. The molecule has 7 aromatic rings. The zero-order valence-corrected chi connectivity index (χ0v) is 42.2. The SMILES string of the molecule is CCc1cc(C(=O)NCc2cccc3[nH]ncc23)sc1C(=O)N[C@@H](CN)C(=O)OC.CCc1cc(C(=O)NCc2cccc3[nH]ncc23)sc1C(=O)N[C@@H](CNC(=O)c1cccs1)C(=O)OC.O=C(O)C(F)(F)F. The van der Waals surface area contributed by atoms with Gasteiger partial charge in [-0.2, -0.15) is 23.4 Å². The summed E-state index contributed by atoms with van der Waals surface area (Å²) in [7, 11) is 2.43. The third kappa shape index (κ3) is 15.0. The summed E-state index contributed by atoms with van der Waals surface area (Å²) in [6.07, 6.45) is -0.583. The predicted octanol–water partition coefficient (Wildman–Crippen LogP) is 4.86. The van der Waals surface area contributed by atoms with Crippen molar-refractivity contribution in [3.63, 3.8) is 0 Å². The van der Waals surface area contributed by atoms with E-state index in [0.29, 0.717) is 55.9 Å². The largest absolute Gasteiger partial charge is 0.490 e. The topological polar surface area (TPSA) is 319 Å². The molecule has 21 nitrogen and oxygen atoms in total. The number of hydrogen-bond acceptors (Lipinski definition) is 16. The fraction of sp³-hybridized carbons (Fsp3) is 0.277. The number of carboxylic acid groups (broad SMARTS) is 1. The van der Waals surface area contributed by atoms with Gasteiger partial charge in [-0.1, -0.05) is 44.2 Å². The molecule has 392 valence electrons. The summed E-state index contributed by atoms with van der Waals surface area (Å²) in [6.45, 7) is 4.16. The van der Waals surface area contributed by atoms with Crippen LogP contribution >= 0.6 is 34.0 Å². The number of hydrogen-bond donors (Lipinski definition) is 9. The van der Waals surface area contributed by atoms with Crippen LogP contribution in [0.15, 0.2) is 78.4 Å². The van der Waals surface area contributed by atoms with E-state index in [9.17, 15) is 46.7 Å². The van der Waals surface area contributed by atoms with E-state index in [1.165, 1.54) is 25.6 Å². The second kappa shape index (κ2) is 26.6. The average Bonchev–Trinajstić information content (AvgIpc) is 4.26. The zero-order valence-electron chi connectivity index (χ0n) is 39.8. The van der Waals surface area contributed by atoms with Crippen molar-refractivity contribution in [2.24, 2.45) is 5.73 Å². The Bertz CT molecular complexity index is 3110. The molecular formula is C47H49F3N10O11S3. The molecule has 2 atom stereocenters. The Morgan fingerprint density at radius 3 is 1.50 bits per heavy atom. The van der Waals surface area contributed by atoms with Crippen molar-refractivity contribution >= 4 is 103 Å². The number of rotatable bonds is 18. The van der Waals surface area contributed by atoms with Gasteiger partial charge in [-0.05, 0) is 70.8 Å². The van der Waals surface area contributed by atoms with Gasteiger partial charge >= 0.3 is 24.1 Å². The lowest BCUT2D eigenvalue weighted by Gasteiger charge is -2.17. The standard InChI is InChI=1S/C25H25N5O5S2.C20H23N5O4S.C2HF3O2/c1-3-14-10-20(23(32)26-11-15-6-4-7-17-16(15)12-28-30-17)37-21(14)24(33)29-18(25(34)35-2)13-27-22(31)19-8-5-9-36-19;1-3-11-7-16(30-17(11)19(27)24-15(8-21)20(28)29-2)18(26)22-9-12-5-4-6-14-13(12)10-23-25-14;3-2(4,5)1(6)7/h4-10,12,18H,3,11,13H2,1-2H3,(H,26,32)(H,27,31)(H,28,30)(H,29,33);4-7,10,15H,3,8-9,21H2,1-2H3,(H,22,26)(H,23,25)(H,24,27);(H,6,7)/t18-;15-;/m00./s1. The number of nitrogens with two attached hydrogens (primary N) is 1. The van der Waals surface area contributed by atoms with E-state index in [2.05, 4.69) is 51.7 Å². The number of esters is 2. The molecule has 0 aliphatic carbocycles. The first-order valence-electron chi connectivity index (χ1n) is 22.1. The van der Waals surface area contributed by atoms with Crippen molar-refractivity contribution in [3.8, 4) is 0 Å². The number of benzene rings is 2. The highest BCUT2D eigenvalue weighted by molar-refractivity contribution is 7.16. The average molecular weight is 1080 g/mol. The molecule has 74 heavy (non-hydrogen) atoms. The predicted molar refractivity (Wildman–Crippen MR) is 268 cm³/mol. The molecule has 0 saturated carbocycles. The Hall–Kier alpha value is -8.01. The van der Waals surface area contributed by atoms with E-state index in [1.807, 2.05) is 50.2 Å². The van der Waals surface area contributed by atoms with E-state index >= 15 is 0 Å². The number of nitrogens with zero attached hydrogens (tertiary/aromatic N) is 2. The first kappa shape index (κ1) is 56.9. The Balaban J connectivity index is 0.000000247. The van der Waals surface area contributed by atoms with Crippen LogP contribution in [-0.4, -0.2) is 119 Å². The minimum absolute atomic E-state index is 0.0852. The van der Waals surface area contributed by atoms with Crippen molar-refractivity contribution in [1.82, 2.24) is 47.0 Å². The molecule has 27 heteroatoms. The van der Waals surface area contributed by atoms with Gasteiger partial charge in [-0.15, -0.1) is 34.0 Å². The summed E-state index contributed by atoms with van der Waals surface area (Å²) in [5, 5.41) is 38.2. The van der Waals surface area contributed by atoms with Crippen LogP contribution in [0.4, 0.5) is 13.2 Å². The summed E-state index contributed by atoms with van der Waals surface area (Å²) in [6, 6.07) is 16.2. The van der Waals surface area contributed by atoms with Crippen molar-refractivity contribution in [2.45, 2.75) is 58.0 Å². The number of aromatic nitrogens is 4. The van der Waals surface area contributed by atoms with Gasteiger partial charge in [0.2, 0.25) is 0 Å². The third-order valence-electron chi connectivity index (χ3n) is 10.5. The molecule has 0 bridgehead atoms. The molecule has 0 aliphatic heterocycles. The van der Waals surface area contributed by atoms with Crippen molar-refractivity contribution in [1.29, 1.82) is 0 Å². The summed E-state index contributed by atoms with van der Waals surface area (Å²) < 4.78 is 41.2. The fourth-order valence-electron chi connectivity index (χ4n) is 6.71. The number of aliphatic carboxylic acids is 1. The van der Waals surface area contributed by atoms with Crippen LogP contribution < -0.4 is 32.3 Å². The summed E-state index contributed by atoms with van der Waals surface area (Å²) in [4.78, 5) is 98.4. The maximum Gasteiger partial charge on any atom is 0.490 e. The molecule has 0 unspecified atom stereocenters. The van der Waals surface area contributed by atoms with Gasteiger partial charge in [0.15, 0.2) is 0 Å². The zero-order chi connectivity index (χ0) is 54.1. The van der Waals surface area contributed by atoms with Crippen LogP contribution in [0.5, 0.6) is 0 Å². The van der Waals surface area contributed by atoms with E-state index in [0.717, 1.165) is 61.2 Å². The Labute approximate surface area is 430 Å². The van der Waals surface area contributed by atoms with Gasteiger partial charge in [0, 0.05) is 37.0 Å². The molecular weight excluding hydrogens is 1030 g/mol. The van der Waals surface area contributed by atoms with Crippen LogP contribution in [0.3, 0.4) is 0 Å². The number of nitrogens with one attached hydrogen (secondary N) is 7. The highest BCUT2D eigenvalue weighted by Gasteiger charge is 2.38. The van der Waals surface area contributed by atoms with Crippen LogP contribution in [0.25, 0.3) is 21.8 Å². The second-order valence-electron chi connectivity index (χ2n) is 15.3. The molecule has 7 rings (SSSR count). The first-order valence-corrected chi connectivity index (χ1v) is 24.6. The quantitative estimate of drug-likeness (QED) is 0.0519. The highest BCUT2D eigenvalue weighted by Crippen LogP contribution is 2.26. The maximum absolute atomic E-state index is 13.1. The number of aryl methyl sites for hydroxylation is 2. The molecule has 5 aromatic heterocycles. The number of amides is 5. The Morgan fingerprint density at radius 1 is 0.649 bits per heavy atom. The number of carbonyl (C=O) groups is 8. The first-order chi connectivity index (χ1) is 35.3. The van der Waals surface area contributed by atoms with Gasteiger partial charge in [-0.25, -0.2) is 14.4 Å². The number of carbonyl (C=O) groups excluding carboxylic acids is 7.